The van der Waals surface area contributed by atoms with Gasteiger partial charge in [0.1, 0.15) is 17.4 Å². The lowest BCUT2D eigenvalue weighted by Crippen LogP contribution is -2.77. The third-order valence-electron chi connectivity index (χ3n) is 8.08. The molecule has 208 valence electrons. The van der Waals surface area contributed by atoms with E-state index in [1.165, 1.54) is 37.2 Å². The number of Topliss-reactive ketones (excluding diaryl/α,β-unsaturated/α-hetero) is 4. The number of hydrogen-bond acceptors (Lipinski definition) is 9. The molecule has 2 aromatic rings. The lowest BCUT2D eigenvalue weighted by Gasteiger charge is -2.55. The van der Waals surface area contributed by atoms with Crippen molar-refractivity contribution in [2.45, 2.75) is 17.7 Å². The molecule has 2 saturated carbocycles. The fourth-order valence-corrected chi connectivity index (χ4v) is 6.51. The zero-order valence-electron chi connectivity index (χ0n) is 21.2. The molecule has 0 aliphatic heterocycles. The Morgan fingerprint density at radius 3 is 2.25 bits per heavy atom. The molecule has 2 aromatic carbocycles. The number of aliphatic hydroxyl groups is 2. The molecule has 5 rings (SSSR count). The molecule has 40 heavy (non-hydrogen) atoms. The van der Waals surface area contributed by atoms with Gasteiger partial charge in [0.05, 0.1) is 29.5 Å². The highest BCUT2D eigenvalue weighted by atomic mass is 19.1. The summed E-state index contributed by atoms with van der Waals surface area (Å²) in [5.41, 5.74) is 1.74. The van der Waals surface area contributed by atoms with E-state index in [2.05, 4.69) is 0 Å². The van der Waals surface area contributed by atoms with E-state index >= 15 is 0 Å². The topological polar surface area (TPSA) is 175 Å². The average molecular weight is 555 g/mol. The van der Waals surface area contributed by atoms with Gasteiger partial charge in [-0.05, 0) is 49.0 Å². The summed E-state index contributed by atoms with van der Waals surface area (Å²) < 4.78 is 28.1. The van der Waals surface area contributed by atoms with Crippen LogP contribution in [0.1, 0.15) is 21.5 Å². The monoisotopic (exact) mass is 554 g/mol. The van der Waals surface area contributed by atoms with Crippen molar-refractivity contribution in [1.82, 2.24) is 4.90 Å². The van der Waals surface area contributed by atoms with Crippen molar-refractivity contribution >= 4 is 40.7 Å². The first-order chi connectivity index (χ1) is 18.7. The molecule has 2 unspecified atom stereocenters. The van der Waals surface area contributed by atoms with Crippen LogP contribution in [-0.2, 0) is 19.2 Å². The SMILES string of the molecule is CN(C)[C@H]1C(=O)C(C(N)=O)C(=O)[C@]2(O)C(=O)C3C(=O)c4c(O)cccc4/C(=C\c4cc(F)cc(F)c4)[C@@H]3[C@@H](O)[C@H]12. The van der Waals surface area contributed by atoms with Crippen molar-refractivity contribution < 1.29 is 48.1 Å². The van der Waals surface area contributed by atoms with Crippen LogP contribution < -0.4 is 5.73 Å². The Bertz CT molecular complexity index is 1530. The quantitative estimate of drug-likeness (QED) is 0.384. The fraction of sp³-hybridized carbons (Fsp3) is 0.321. The maximum atomic E-state index is 14.1. The van der Waals surface area contributed by atoms with E-state index in [-0.39, 0.29) is 22.3 Å². The second-order valence-corrected chi connectivity index (χ2v) is 10.5. The molecule has 7 atom stereocenters. The molecule has 3 aliphatic rings. The van der Waals surface area contributed by atoms with Crippen molar-refractivity contribution in [2.75, 3.05) is 14.1 Å². The number of ketones is 4. The number of phenolic OH excluding ortho intramolecular Hbond substituents is 1. The van der Waals surface area contributed by atoms with E-state index in [0.29, 0.717) is 6.07 Å². The predicted octanol–water partition coefficient (Wildman–Crippen LogP) is 0.114. The maximum absolute atomic E-state index is 14.1. The minimum atomic E-state index is -3.17. The lowest BCUT2D eigenvalue weighted by atomic mass is 9.50. The van der Waals surface area contributed by atoms with Crippen LogP contribution in [0.2, 0.25) is 0 Å². The molecule has 0 saturated heterocycles. The first-order valence-electron chi connectivity index (χ1n) is 12.2. The Morgan fingerprint density at radius 2 is 1.68 bits per heavy atom. The number of aromatic hydroxyl groups is 1. The average Bonchev–Trinajstić information content (AvgIpc) is 2.84. The second-order valence-electron chi connectivity index (χ2n) is 10.5. The van der Waals surface area contributed by atoms with E-state index in [9.17, 15) is 48.1 Å². The summed E-state index contributed by atoms with van der Waals surface area (Å²) in [5, 5.41) is 34.0. The van der Waals surface area contributed by atoms with Crippen LogP contribution in [0.3, 0.4) is 0 Å². The number of aliphatic hydroxyl groups excluding tert-OH is 1. The highest BCUT2D eigenvalue weighted by Gasteiger charge is 2.72. The van der Waals surface area contributed by atoms with Gasteiger partial charge in [-0.3, -0.25) is 28.9 Å². The van der Waals surface area contributed by atoms with Crippen molar-refractivity contribution in [3.8, 4) is 5.75 Å². The molecule has 0 radical (unpaired) electrons. The number of carbonyl (C=O) groups is 5. The Hall–Kier alpha value is -4.13. The van der Waals surface area contributed by atoms with Crippen LogP contribution in [0, 0.1) is 35.3 Å². The molecule has 5 N–H and O–H groups in total. The lowest BCUT2D eigenvalue weighted by molar-refractivity contribution is -0.192. The molecular formula is C28H24F2N2O8. The van der Waals surface area contributed by atoms with Gasteiger partial charge in [0.15, 0.2) is 34.7 Å². The number of nitrogens with two attached hydrogens (primary N) is 1. The number of carbonyl (C=O) groups excluding carboxylic acids is 5. The fourth-order valence-electron chi connectivity index (χ4n) is 6.51. The first kappa shape index (κ1) is 27.4. The zero-order chi connectivity index (χ0) is 29.4. The predicted molar refractivity (Wildman–Crippen MR) is 133 cm³/mol. The van der Waals surface area contributed by atoms with Crippen LogP contribution in [0.25, 0.3) is 11.6 Å². The highest BCUT2D eigenvalue weighted by Crippen LogP contribution is 2.54. The number of halogens is 2. The van der Waals surface area contributed by atoms with Gasteiger partial charge in [-0.2, -0.15) is 0 Å². The minimum absolute atomic E-state index is 0.00201. The Labute approximate surface area is 225 Å². The van der Waals surface area contributed by atoms with E-state index in [1.54, 1.807) is 0 Å². The van der Waals surface area contributed by atoms with Gasteiger partial charge in [-0.15, -0.1) is 0 Å². The van der Waals surface area contributed by atoms with Gasteiger partial charge in [-0.1, -0.05) is 18.2 Å². The normalized spacial score (nSPS) is 32.6. The van der Waals surface area contributed by atoms with Crippen LogP contribution in [0.4, 0.5) is 8.78 Å². The standard InChI is InChI=1S/C28H24F2N2O8/c1-32(2)21-20-23(35)17-14(8-10-6-11(29)9-12(30)7-10)13-4-3-5-15(33)16(13)22(34)18(17)25(37)28(20,40)26(38)19(24(21)36)27(31)39/h3-9,17-21,23,33,35,40H,1-2H3,(H2,31,39)/b14-8+/t17-,18?,19?,20-,21+,23+,28+/m0/s1. The number of amides is 1. The van der Waals surface area contributed by atoms with Gasteiger partial charge in [0, 0.05) is 12.0 Å². The summed E-state index contributed by atoms with van der Waals surface area (Å²) in [7, 11) is 2.73. The van der Waals surface area contributed by atoms with Gasteiger partial charge in [0.2, 0.25) is 5.91 Å². The first-order valence-corrected chi connectivity index (χ1v) is 12.2. The molecule has 0 spiro atoms. The smallest absolute Gasteiger partial charge is 0.235 e. The van der Waals surface area contributed by atoms with Gasteiger partial charge >= 0.3 is 0 Å². The molecular weight excluding hydrogens is 530 g/mol. The number of likely N-dealkylation sites (N-methyl/N-ethyl adjacent to an activating group) is 1. The number of phenols is 1. The Balaban J connectivity index is 1.81. The zero-order valence-corrected chi connectivity index (χ0v) is 21.2. The summed E-state index contributed by atoms with van der Waals surface area (Å²) in [4.78, 5) is 67.8. The van der Waals surface area contributed by atoms with Crippen LogP contribution in [0.5, 0.6) is 5.75 Å². The van der Waals surface area contributed by atoms with Gasteiger partial charge < -0.3 is 21.1 Å². The Morgan fingerprint density at radius 1 is 1.05 bits per heavy atom. The van der Waals surface area contributed by atoms with Crippen molar-refractivity contribution in [2.24, 2.45) is 29.4 Å². The van der Waals surface area contributed by atoms with Gasteiger partial charge in [0.25, 0.3) is 0 Å². The number of nitrogens with zero attached hydrogens (tertiary/aromatic N) is 1. The van der Waals surface area contributed by atoms with E-state index in [0.717, 1.165) is 18.2 Å². The Kier molecular flexibility index (Phi) is 6.32. The van der Waals surface area contributed by atoms with Gasteiger partial charge in [-0.25, -0.2) is 8.78 Å². The number of fused-ring (bicyclic) bond motifs is 3. The summed E-state index contributed by atoms with van der Waals surface area (Å²) in [6.07, 6.45) is -0.718. The summed E-state index contributed by atoms with van der Waals surface area (Å²) in [6.45, 7) is 0. The number of benzene rings is 2. The van der Waals surface area contributed by atoms with Crippen LogP contribution in [-0.4, -0.2) is 81.1 Å². The molecule has 3 aliphatic carbocycles. The maximum Gasteiger partial charge on any atom is 0.235 e. The molecule has 2 fully saturated rings. The van der Waals surface area contributed by atoms with Crippen molar-refractivity contribution in [3.05, 3.63) is 64.7 Å². The second kappa shape index (κ2) is 9.22. The largest absolute Gasteiger partial charge is 0.507 e. The van der Waals surface area contributed by atoms with E-state index in [4.69, 9.17) is 5.73 Å². The van der Waals surface area contributed by atoms with Crippen molar-refractivity contribution in [3.63, 3.8) is 0 Å². The summed E-state index contributed by atoms with van der Waals surface area (Å²) >= 11 is 0. The number of primary amides is 1. The van der Waals surface area contributed by atoms with E-state index in [1.807, 2.05) is 0 Å². The number of rotatable bonds is 3. The van der Waals surface area contributed by atoms with Crippen LogP contribution in [0.15, 0.2) is 36.4 Å². The van der Waals surface area contributed by atoms with E-state index < -0.39 is 87.8 Å². The molecule has 12 heteroatoms. The third kappa shape index (κ3) is 3.67. The summed E-state index contributed by atoms with van der Waals surface area (Å²) in [6, 6.07) is 4.93. The highest BCUT2D eigenvalue weighted by molar-refractivity contribution is 6.33. The van der Waals surface area contributed by atoms with Crippen LogP contribution >= 0.6 is 0 Å². The molecule has 0 heterocycles. The summed E-state index contributed by atoms with van der Waals surface area (Å²) in [5.74, 6) is -16.4. The number of hydrogen-bond donors (Lipinski definition) is 4. The molecule has 10 nitrogen and oxygen atoms in total. The third-order valence-corrected chi connectivity index (χ3v) is 8.08. The molecule has 0 bridgehead atoms. The molecule has 0 aromatic heterocycles. The molecule has 1 amide bonds. The van der Waals surface area contributed by atoms with Crippen molar-refractivity contribution in [1.29, 1.82) is 0 Å². The minimum Gasteiger partial charge on any atom is -0.507 e.